The number of fused-ring (bicyclic) bond motifs is 2. The molecule has 1 aromatic carbocycles. The van der Waals surface area contributed by atoms with Gasteiger partial charge in [0.1, 0.15) is 11.8 Å². The van der Waals surface area contributed by atoms with Gasteiger partial charge in [0, 0.05) is 35.9 Å². The van der Waals surface area contributed by atoms with E-state index >= 15 is 0 Å². The fourth-order valence-electron chi connectivity index (χ4n) is 4.59. The number of aryl methyl sites for hydroxylation is 2. The molecule has 1 saturated heterocycles. The Morgan fingerprint density at radius 3 is 2.66 bits per heavy atom. The van der Waals surface area contributed by atoms with Gasteiger partial charge in [-0.3, -0.25) is 4.98 Å². The zero-order valence-electron chi connectivity index (χ0n) is 19.1. The summed E-state index contributed by atoms with van der Waals surface area (Å²) in [5.74, 6) is 0. The standard InChI is InChI=1S/C27H23N7O/c28-17-22-8-6-20(18-29-22)26-24(10-9-21-7-5-19-3-1-2-4-23(19)31-21)32-27-25(11-12-30-34(26)27)33-13-15-35-16-14-33/h1-8,11-12,18H,9-10,13-16H2. The molecular weight excluding hydrogens is 438 g/mol. The molecule has 6 rings (SSSR count). The van der Waals surface area contributed by atoms with Crippen molar-refractivity contribution in [3.05, 3.63) is 84.1 Å². The van der Waals surface area contributed by atoms with Crippen LogP contribution in [-0.4, -0.2) is 50.9 Å². The quantitative estimate of drug-likeness (QED) is 0.393. The molecule has 35 heavy (non-hydrogen) atoms. The van der Waals surface area contributed by atoms with Gasteiger partial charge in [-0.15, -0.1) is 0 Å². The summed E-state index contributed by atoms with van der Waals surface area (Å²) in [4.78, 5) is 16.5. The molecule has 1 fully saturated rings. The molecule has 4 aromatic heterocycles. The maximum absolute atomic E-state index is 9.19. The first-order chi connectivity index (χ1) is 17.3. The number of morpholine rings is 1. The highest BCUT2D eigenvalue weighted by Gasteiger charge is 2.21. The van der Waals surface area contributed by atoms with Crippen molar-refractivity contribution in [2.75, 3.05) is 31.2 Å². The smallest absolute Gasteiger partial charge is 0.178 e. The number of para-hydroxylation sites is 1. The van der Waals surface area contributed by atoms with Crippen LogP contribution in [0.25, 0.3) is 27.8 Å². The minimum atomic E-state index is 0.381. The Bertz CT molecular complexity index is 1550. The number of hydrogen-bond donors (Lipinski definition) is 0. The van der Waals surface area contributed by atoms with E-state index in [0.717, 1.165) is 64.4 Å². The second kappa shape index (κ2) is 9.12. The molecule has 5 aromatic rings. The molecule has 1 aliphatic rings. The van der Waals surface area contributed by atoms with Crippen LogP contribution < -0.4 is 4.90 Å². The van der Waals surface area contributed by atoms with E-state index < -0.39 is 0 Å². The summed E-state index contributed by atoms with van der Waals surface area (Å²) in [5, 5.41) is 15.0. The second-order valence-corrected chi connectivity index (χ2v) is 8.50. The van der Waals surface area contributed by atoms with Crippen molar-refractivity contribution in [1.82, 2.24) is 24.6 Å². The average molecular weight is 462 g/mol. The van der Waals surface area contributed by atoms with Gasteiger partial charge in [-0.25, -0.2) is 14.5 Å². The number of nitrogens with zero attached hydrogens (tertiary/aromatic N) is 7. The molecule has 0 spiro atoms. The Morgan fingerprint density at radius 2 is 1.83 bits per heavy atom. The molecule has 0 atom stereocenters. The molecule has 0 bridgehead atoms. The highest BCUT2D eigenvalue weighted by molar-refractivity contribution is 5.78. The van der Waals surface area contributed by atoms with Crippen LogP contribution in [0, 0.1) is 11.3 Å². The number of pyridine rings is 2. The maximum atomic E-state index is 9.19. The van der Waals surface area contributed by atoms with Crippen LogP contribution in [0.5, 0.6) is 0 Å². The van der Waals surface area contributed by atoms with E-state index in [-0.39, 0.29) is 0 Å². The molecule has 0 radical (unpaired) electrons. The summed E-state index contributed by atoms with van der Waals surface area (Å²) >= 11 is 0. The van der Waals surface area contributed by atoms with Gasteiger partial charge in [-0.05, 0) is 43.2 Å². The van der Waals surface area contributed by atoms with Crippen molar-refractivity contribution in [3.8, 4) is 17.3 Å². The lowest BCUT2D eigenvalue weighted by atomic mass is 10.1. The Kier molecular flexibility index (Phi) is 5.53. The van der Waals surface area contributed by atoms with E-state index in [9.17, 15) is 5.26 Å². The van der Waals surface area contributed by atoms with Crippen LogP contribution >= 0.6 is 0 Å². The van der Waals surface area contributed by atoms with Gasteiger partial charge in [0.2, 0.25) is 0 Å². The molecular formula is C27H23N7O. The zero-order valence-corrected chi connectivity index (χ0v) is 19.1. The molecule has 0 N–H and O–H groups in total. The summed E-state index contributed by atoms with van der Waals surface area (Å²) in [6.45, 7) is 3.03. The second-order valence-electron chi connectivity index (χ2n) is 8.50. The minimum absolute atomic E-state index is 0.381. The zero-order chi connectivity index (χ0) is 23.6. The topological polar surface area (TPSA) is 92.2 Å². The number of benzene rings is 1. The van der Waals surface area contributed by atoms with Crippen LogP contribution in [0.4, 0.5) is 5.69 Å². The van der Waals surface area contributed by atoms with E-state index in [2.05, 4.69) is 39.3 Å². The van der Waals surface area contributed by atoms with Crippen LogP contribution in [0.1, 0.15) is 17.1 Å². The number of imidazole rings is 1. The molecule has 8 heteroatoms. The fraction of sp³-hybridized carbons (Fsp3) is 0.222. The van der Waals surface area contributed by atoms with E-state index in [1.165, 1.54) is 0 Å². The van der Waals surface area contributed by atoms with E-state index in [4.69, 9.17) is 14.7 Å². The number of aromatic nitrogens is 5. The number of nitriles is 1. The maximum Gasteiger partial charge on any atom is 0.178 e. The van der Waals surface area contributed by atoms with Gasteiger partial charge in [0.15, 0.2) is 5.65 Å². The third-order valence-electron chi connectivity index (χ3n) is 6.35. The van der Waals surface area contributed by atoms with Gasteiger partial charge >= 0.3 is 0 Å². The van der Waals surface area contributed by atoms with Gasteiger partial charge in [0.25, 0.3) is 0 Å². The van der Waals surface area contributed by atoms with Crippen molar-refractivity contribution in [2.45, 2.75) is 12.8 Å². The minimum Gasteiger partial charge on any atom is -0.378 e. The SMILES string of the molecule is N#Cc1ccc(-c2c(CCc3ccc4ccccc4n3)nc3c(N4CCOCC4)ccnn23)cn1. The van der Waals surface area contributed by atoms with E-state index in [0.29, 0.717) is 25.3 Å². The predicted octanol–water partition coefficient (Wildman–Crippen LogP) is 3.83. The van der Waals surface area contributed by atoms with Crippen molar-refractivity contribution < 1.29 is 4.74 Å². The lowest BCUT2D eigenvalue weighted by molar-refractivity contribution is 0.123. The largest absolute Gasteiger partial charge is 0.378 e. The third-order valence-corrected chi connectivity index (χ3v) is 6.35. The molecule has 0 unspecified atom stereocenters. The lowest BCUT2D eigenvalue weighted by Gasteiger charge is -2.28. The molecule has 172 valence electrons. The van der Waals surface area contributed by atoms with Crippen molar-refractivity contribution >= 4 is 22.2 Å². The number of anilines is 1. The average Bonchev–Trinajstić information content (AvgIpc) is 3.31. The fourth-order valence-corrected chi connectivity index (χ4v) is 4.59. The summed E-state index contributed by atoms with van der Waals surface area (Å²) in [6, 6.07) is 20.1. The Morgan fingerprint density at radius 1 is 0.943 bits per heavy atom. The van der Waals surface area contributed by atoms with Gasteiger partial charge in [0.05, 0.1) is 42.0 Å². The van der Waals surface area contributed by atoms with Crippen LogP contribution in [0.15, 0.2) is 67.0 Å². The number of rotatable bonds is 5. The Balaban J connectivity index is 1.42. The van der Waals surface area contributed by atoms with Gasteiger partial charge in [-0.1, -0.05) is 24.3 Å². The predicted molar refractivity (Wildman–Crippen MR) is 133 cm³/mol. The van der Waals surface area contributed by atoms with Crippen LogP contribution in [0.3, 0.4) is 0 Å². The monoisotopic (exact) mass is 461 g/mol. The summed E-state index contributed by atoms with van der Waals surface area (Å²) in [5.41, 5.74) is 6.96. The molecule has 0 amide bonds. The van der Waals surface area contributed by atoms with E-state index in [1.807, 2.05) is 41.0 Å². The highest BCUT2D eigenvalue weighted by Crippen LogP contribution is 2.30. The van der Waals surface area contributed by atoms with Gasteiger partial charge in [-0.2, -0.15) is 10.4 Å². The van der Waals surface area contributed by atoms with Crippen LogP contribution in [-0.2, 0) is 17.6 Å². The third kappa shape index (κ3) is 4.07. The molecule has 0 saturated carbocycles. The lowest BCUT2D eigenvalue weighted by Crippen LogP contribution is -2.36. The summed E-state index contributed by atoms with van der Waals surface area (Å²) < 4.78 is 7.45. The molecule has 0 aliphatic carbocycles. The normalized spacial score (nSPS) is 13.9. The molecule has 8 nitrogen and oxygen atoms in total. The van der Waals surface area contributed by atoms with Crippen LogP contribution in [0.2, 0.25) is 0 Å². The van der Waals surface area contributed by atoms with Crippen molar-refractivity contribution in [3.63, 3.8) is 0 Å². The van der Waals surface area contributed by atoms with Gasteiger partial charge < -0.3 is 9.64 Å². The summed E-state index contributed by atoms with van der Waals surface area (Å²) in [7, 11) is 0. The van der Waals surface area contributed by atoms with Crippen molar-refractivity contribution in [2.24, 2.45) is 0 Å². The number of ether oxygens (including phenoxy) is 1. The van der Waals surface area contributed by atoms with E-state index in [1.54, 1.807) is 12.3 Å². The summed E-state index contributed by atoms with van der Waals surface area (Å²) in [6.07, 6.45) is 4.99. The van der Waals surface area contributed by atoms with Crippen molar-refractivity contribution in [1.29, 1.82) is 5.26 Å². The number of hydrogen-bond acceptors (Lipinski definition) is 7. The molecule has 1 aliphatic heterocycles. The first kappa shape index (κ1) is 21.2. The first-order valence-electron chi connectivity index (χ1n) is 11.7. The molecule has 5 heterocycles. The Labute approximate surface area is 202 Å². The highest BCUT2D eigenvalue weighted by atomic mass is 16.5. The first-order valence-corrected chi connectivity index (χ1v) is 11.7. The Hall–Kier alpha value is -4.35.